The van der Waals surface area contributed by atoms with Crippen LogP contribution >= 0.6 is 0 Å². The number of rotatable bonds is 7. The predicted molar refractivity (Wildman–Crippen MR) is 73.0 cm³/mol. The first-order valence-electron chi connectivity index (χ1n) is 7.20. The van der Waals surface area contributed by atoms with Crippen molar-refractivity contribution in [1.82, 2.24) is 5.32 Å². The summed E-state index contributed by atoms with van der Waals surface area (Å²) in [6, 6.07) is 0.222. The first-order valence-corrected chi connectivity index (χ1v) is 7.20. The Labute approximate surface area is 110 Å². The highest BCUT2D eigenvalue weighted by Crippen LogP contribution is 2.24. The zero-order chi connectivity index (χ0) is 13.5. The summed E-state index contributed by atoms with van der Waals surface area (Å²) in [4.78, 5) is 11.9. The molecule has 0 heterocycles. The van der Waals surface area contributed by atoms with Crippen molar-refractivity contribution >= 4 is 5.91 Å². The molecule has 0 radical (unpaired) electrons. The number of nitrogens with one attached hydrogen (secondary N) is 1. The molecule has 0 bridgehead atoms. The lowest BCUT2D eigenvalue weighted by Gasteiger charge is -2.15. The Bertz CT molecular complexity index is 256. The zero-order valence-electron chi connectivity index (χ0n) is 11.7. The zero-order valence-corrected chi connectivity index (χ0v) is 11.7. The van der Waals surface area contributed by atoms with Gasteiger partial charge in [0.1, 0.15) is 0 Å². The van der Waals surface area contributed by atoms with Crippen molar-refractivity contribution in [3.63, 3.8) is 0 Å². The maximum absolute atomic E-state index is 11.9. The number of aliphatic hydroxyl groups is 1. The fraction of sp³-hybridized carbons (Fsp3) is 0.929. The quantitative estimate of drug-likeness (QED) is 0.645. The molecule has 1 aliphatic rings. The molecule has 1 fully saturated rings. The van der Waals surface area contributed by atoms with Crippen molar-refractivity contribution in [2.24, 2.45) is 17.6 Å². The molecule has 0 aromatic rings. The minimum atomic E-state index is -0.157. The molecule has 4 heteroatoms. The van der Waals surface area contributed by atoms with Crippen LogP contribution < -0.4 is 11.1 Å². The van der Waals surface area contributed by atoms with Crippen LogP contribution in [0.3, 0.4) is 0 Å². The second-order valence-electron chi connectivity index (χ2n) is 5.89. The van der Waals surface area contributed by atoms with E-state index in [0.717, 1.165) is 38.5 Å². The van der Waals surface area contributed by atoms with Crippen LogP contribution in [0.5, 0.6) is 0 Å². The third-order valence-electron chi connectivity index (χ3n) is 3.82. The minimum Gasteiger partial charge on any atom is -0.393 e. The highest BCUT2D eigenvalue weighted by atomic mass is 16.3. The third kappa shape index (κ3) is 5.83. The first kappa shape index (κ1) is 15.4. The standard InChI is InChI=1S/C14H28N2O2/c1-10(4-3-5-11(2)15)14(18)16-9-12-6-7-13(17)8-12/h10-13,17H,3-9,15H2,1-2H3,(H,16,18). The van der Waals surface area contributed by atoms with Gasteiger partial charge in [0.25, 0.3) is 0 Å². The van der Waals surface area contributed by atoms with Crippen molar-refractivity contribution in [2.75, 3.05) is 6.54 Å². The Kier molecular flexibility index (Phi) is 6.65. The van der Waals surface area contributed by atoms with E-state index in [1.54, 1.807) is 0 Å². The Morgan fingerprint density at radius 3 is 2.67 bits per heavy atom. The van der Waals surface area contributed by atoms with E-state index in [-0.39, 0.29) is 24.0 Å². The van der Waals surface area contributed by atoms with E-state index in [1.165, 1.54) is 0 Å². The van der Waals surface area contributed by atoms with Crippen LogP contribution in [0, 0.1) is 11.8 Å². The first-order chi connectivity index (χ1) is 8.49. The molecule has 0 aromatic carbocycles. The lowest BCUT2D eigenvalue weighted by molar-refractivity contribution is -0.124. The summed E-state index contributed by atoms with van der Waals surface area (Å²) in [6.45, 7) is 4.68. The Hall–Kier alpha value is -0.610. The highest BCUT2D eigenvalue weighted by molar-refractivity contribution is 5.78. The average Bonchev–Trinajstić information content (AvgIpc) is 2.71. The summed E-state index contributed by atoms with van der Waals surface area (Å²) in [7, 11) is 0. The molecule has 0 aromatic heterocycles. The molecule has 1 saturated carbocycles. The van der Waals surface area contributed by atoms with Crippen LogP contribution in [0.1, 0.15) is 52.4 Å². The van der Waals surface area contributed by atoms with E-state index in [2.05, 4.69) is 5.32 Å². The van der Waals surface area contributed by atoms with E-state index in [9.17, 15) is 9.90 Å². The number of nitrogens with two attached hydrogens (primary N) is 1. The van der Waals surface area contributed by atoms with Crippen LogP contribution in [0.25, 0.3) is 0 Å². The fourth-order valence-corrected chi connectivity index (χ4v) is 2.53. The molecule has 4 unspecified atom stereocenters. The molecule has 1 aliphatic carbocycles. The number of hydrogen-bond acceptors (Lipinski definition) is 3. The number of amides is 1. The number of carbonyl (C=O) groups is 1. The number of carbonyl (C=O) groups excluding carboxylic acids is 1. The SMILES string of the molecule is CC(N)CCCC(C)C(=O)NCC1CCC(O)C1. The molecule has 0 spiro atoms. The van der Waals surface area contributed by atoms with Crippen molar-refractivity contribution in [1.29, 1.82) is 0 Å². The molecule has 0 aliphatic heterocycles. The Morgan fingerprint density at radius 1 is 1.39 bits per heavy atom. The predicted octanol–water partition coefficient (Wildman–Crippen LogP) is 1.42. The molecule has 18 heavy (non-hydrogen) atoms. The highest BCUT2D eigenvalue weighted by Gasteiger charge is 2.23. The van der Waals surface area contributed by atoms with Gasteiger partial charge in [-0.3, -0.25) is 4.79 Å². The third-order valence-corrected chi connectivity index (χ3v) is 3.82. The van der Waals surface area contributed by atoms with Gasteiger partial charge in [0.15, 0.2) is 0 Å². The van der Waals surface area contributed by atoms with E-state index in [0.29, 0.717) is 12.5 Å². The molecule has 4 atom stereocenters. The summed E-state index contributed by atoms with van der Waals surface area (Å²) in [5, 5.41) is 12.4. The van der Waals surface area contributed by atoms with Gasteiger partial charge in [0.2, 0.25) is 5.91 Å². The van der Waals surface area contributed by atoms with Gasteiger partial charge in [-0.05, 0) is 44.9 Å². The van der Waals surface area contributed by atoms with Gasteiger partial charge in [0, 0.05) is 18.5 Å². The maximum Gasteiger partial charge on any atom is 0.222 e. The topological polar surface area (TPSA) is 75.4 Å². The summed E-state index contributed by atoms with van der Waals surface area (Å²) >= 11 is 0. The van der Waals surface area contributed by atoms with Crippen LogP contribution in [-0.4, -0.2) is 29.7 Å². The monoisotopic (exact) mass is 256 g/mol. The van der Waals surface area contributed by atoms with Crippen molar-refractivity contribution in [3.05, 3.63) is 0 Å². The molecule has 4 N–H and O–H groups in total. The number of hydrogen-bond donors (Lipinski definition) is 3. The van der Waals surface area contributed by atoms with Gasteiger partial charge in [-0.25, -0.2) is 0 Å². The van der Waals surface area contributed by atoms with Crippen LogP contribution in [0.4, 0.5) is 0 Å². The van der Waals surface area contributed by atoms with E-state index < -0.39 is 0 Å². The van der Waals surface area contributed by atoms with Crippen molar-refractivity contribution in [3.8, 4) is 0 Å². The normalized spacial score (nSPS) is 26.9. The van der Waals surface area contributed by atoms with Crippen molar-refractivity contribution < 1.29 is 9.90 Å². The molecule has 0 saturated heterocycles. The van der Waals surface area contributed by atoms with Crippen molar-refractivity contribution in [2.45, 2.75) is 64.5 Å². The molecule has 1 rings (SSSR count). The summed E-state index contributed by atoms with van der Waals surface area (Å²) in [6.07, 6.45) is 5.47. The van der Waals surface area contributed by atoms with Gasteiger partial charge >= 0.3 is 0 Å². The lowest BCUT2D eigenvalue weighted by atomic mass is 10.0. The Morgan fingerprint density at radius 2 is 2.11 bits per heavy atom. The molecular formula is C14H28N2O2. The van der Waals surface area contributed by atoms with Gasteiger partial charge in [-0.1, -0.05) is 13.3 Å². The average molecular weight is 256 g/mol. The lowest BCUT2D eigenvalue weighted by Crippen LogP contribution is -2.33. The molecule has 4 nitrogen and oxygen atoms in total. The van der Waals surface area contributed by atoms with Crippen LogP contribution in [0.15, 0.2) is 0 Å². The maximum atomic E-state index is 11.9. The van der Waals surface area contributed by atoms with E-state index in [4.69, 9.17) is 5.73 Å². The van der Waals surface area contributed by atoms with Gasteiger partial charge in [-0.15, -0.1) is 0 Å². The second kappa shape index (κ2) is 7.74. The van der Waals surface area contributed by atoms with Crippen LogP contribution in [-0.2, 0) is 4.79 Å². The van der Waals surface area contributed by atoms with Gasteiger partial charge in [0.05, 0.1) is 6.10 Å². The molecule has 1 amide bonds. The smallest absolute Gasteiger partial charge is 0.222 e. The summed E-state index contributed by atoms with van der Waals surface area (Å²) in [5.41, 5.74) is 5.68. The minimum absolute atomic E-state index is 0.0649. The summed E-state index contributed by atoms with van der Waals surface area (Å²) < 4.78 is 0. The molecule has 106 valence electrons. The largest absolute Gasteiger partial charge is 0.393 e. The Balaban J connectivity index is 2.11. The second-order valence-corrected chi connectivity index (χ2v) is 5.89. The summed E-state index contributed by atoms with van der Waals surface area (Å²) in [5.74, 6) is 0.663. The van der Waals surface area contributed by atoms with Gasteiger partial charge in [-0.2, -0.15) is 0 Å². The van der Waals surface area contributed by atoms with E-state index in [1.807, 2.05) is 13.8 Å². The van der Waals surface area contributed by atoms with E-state index >= 15 is 0 Å². The number of aliphatic hydroxyl groups excluding tert-OH is 1. The van der Waals surface area contributed by atoms with Gasteiger partial charge < -0.3 is 16.2 Å². The van der Waals surface area contributed by atoms with Crippen LogP contribution in [0.2, 0.25) is 0 Å². The molecular weight excluding hydrogens is 228 g/mol. The fourth-order valence-electron chi connectivity index (χ4n) is 2.53.